The Kier molecular flexibility index (Phi) is 7.49. The molecule has 1 aromatic carbocycles. The second-order valence-electron chi connectivity index (χ2n) is 5.79. The molecule has 1 heterocycles. The van der Waals surface area contributed by atoms with Crippen LogP contribution in [0.2, 0.25) is 0 Å². The van der Waals surface area contributed by atoms with Gasteiger partial charge >= 0.3 is 5.97 Å². The summed E-state index contributed by atoms with van der Waals surface area (Å²) in [5.74, 6) is 0.674. The normalized spacial score (nSPS) is 21.0. The number of benzene rings is 1. The predicted molar refractivity (Wildman–Crippen MR) is 90.1 cm³/mol. The zero-order chi connectivity index (χ0) is 17.4. The van der Waals surface area contributed by atoms with Gasteiger partial charge in [0.25, 0.3) is 0 Å². The van der Waals surface area contributed by atoms with Gasteiger partial charge in [-0.25, -0.2) is 0 Å². The molecule has 0 saturated carbocycles. The monoisotopic (exact) mass is 337 g/mol. The van der Waals surface area contributed by atoms with Crippen LogP contribution in [0.3, 0.4) is 0 Å². The van der Waals surface area contributed by atoms with E-state index in [2.05, 4.69) is 4.90 Å². The van der Waals surface area contributed by atoms with Crippen LogP contribution in [-0.4, -0.2) is 63.7 Å². The highest BCUT2D eigenvalue weighted by Crippen LogP contribution is 2.22. The van der Waals surface area contributed by atoms with E-state index in [1.165, 1.54) is 5.56 Å². The highest BCUT2D eigenvalue weighted by atomic mass is 16.7. The summed E-state index contributed by atoms with van der Waals surface area (Å²) in [5, 5.41) is 0. The van der Waals surface area contributed by atoms with Gasteiger partial charge in [0, 0.05) is 26.6 Å². The summed E-state index contributed by atoms with van der Waals surface area (Å²) in [6.07, 6.45) is 1.50. The lowest BCUT2D eigenvalue weighted by molar-refractivity contribution is -0.148. The van der Waals surface area contributed by atoms with Gasteiger partial charge in [-0.1, -0.05) is 12.1 Å². The highest BCUT2D eigenvalue weighted by Gasteiger charge is 2.37. The Bertz CT molecular complexity index is 505. The molecule has 0 aromatic heterocycles. The number of methoxy groups -OCH3 is 2. The van der Waals surface area contributed by atoms with Gasteiger partial charge in [-0.05, 0) is 31.0 Å². The van der Waals surface area contributed by atoms with Gasteiger partial charge < -0.3 is 18.9 Å². The molecule has 1 aliphatic heterocycles. The molecule has 1 aliphatic rings. The lowest BCUT2D eigenvalue weighted by Crippen LogP contribution is -2.38. The fourth-order valence-electron chi connectivity index (χ4n) is 2.94. The summed E-state index contributed by atoms with van der Waals surface area (Å²) in [6, 6.07) is 7.75. The van der Waals surface area contributed by atoms with E-state index in [4.69, 9.17) is 18.9 Å². The van der Waals surface area contributed by atoms with Crippen LogP contribution in [0.25, 0.3) is 0 Å². The first-order valence-corrected chi connectivity index (χ1v) is 8.32. The zero-order valence-corrected chi connectivity index (χ0v) is 14.7. The summed E-state index contributed by atoms with van der Waals surface area (Å²) in [5.41, 5.74) is 1.21. The van der Waals surface area contributed by atoms with E-state index in [-0.39, 0.29) is 24.9 Å². The molecule has 134 valence electrons. The minimum Gasteiger partial charge on any atom is -0.497 e. The van der Waals surface area contributed by atoms with Gasteiger partial charge in [0.15, 0.2) is 0 Å². The molecule has 0 bridgehead atoms. The maximum Gasteiger partial charge on any atom is 0.323 e. The average molecular weight is 337 g/mol. The van der Waals surface area contributed by atoms with Crippen LogP contribution in [0.1, 0.15) is 18.9 Å². The van der Waals surface area contributed by atoms with Crippen molar-refractivity contribution in [2.24, 2.45) is 0 Å². The molecule has 0 aliphatic carbocycles. The van der Waals surface area contributed by atoms with Crippen LogP contribution >= 0.6 is 0 Å². The summed E-state index contributed by atoms with van der Waals surface area (Å²) >= 11 is 0. The molecule has 24 heavy (non-hydrogen) atoms. The van der Waals surface area contributed by atoms with Crippen molar-refractivity contribution >= 4 is 5.97 Å². The van der Waals surface area contributed by atoms with Crippen molar-refractivity contribution in [1.29, 1.82) is 0 Å². The topological polar surface area (TPSA) is 57.2 Å². The zero-order valence-electron chi connectivity index (χ0n) is 14.7. The molecule has 2 unspecified atom stereocenters. The van der Waals surface area contributed by atoms with Crippen LogP contribution in [0, 0.1) is 0 Å². The van der Waals surface area contributed by atoms with Crippen molar-refractivity contribution in [3.63, 3.8) is 0 Å². The number of likely N-dealkylation sites (tertiary alicyclic amines) is 1. The Hall–Kier alpha value is -1.63. The molecule has 6 nitrogen and oxygen atoms in total. The number of carbonyl (C=O) groups excluding carboxylic acids is 1. The second kappa shape index (κ2) is 9.61. The summed E-state index contributed by atoms with van der Waals surface area (Å²) in [4.78, 5) is 14.3. The number of carbonyl (C=O) groups is 1. The third kappa shape index (κ3) is 5.19. The van der Waals surface area contributed by atoms with Crippen LogP contribution in [0.15, 0.2) is 24.3 Å². The number of hydrogen-bond acceptors (Lipinski definition) is 6. The molecule has 0 spiro atoms. The first kappa shape index (κ1) is 18.7. The van der Waals surface area contributed by atoms with Gasteiger partial charge in [0.1, 0.15) is 18.6 Å². The van der Waals surface area contributed by atoms with E-state index in [0.29, 0.717) is 19.6 Å². The second-order valence-corrected chi connectivity index (χ2v) is 5.79. The lowest BCUT2D eigenvalue weighted by atomic mass is 10.1. The van der Waals surface area contributed by atoms with Gasteiger partial charge in [0.2, 0.25) is 0 Å². The molecule has 2 atom stereocenters. The number of hydrogen-bond donors (Lipinski definition) is 0. The number of esters is 1. The minimum atomic E-state index is -0.245. The smallest absolute Gasteiger partial charge is 0.323 e. The first-order valence-electron chi connectivity index (χ1n) is 8.32. The molecular formula is C18H27NO5. The molecule has 1 aromatic rings. The third-order valence-electron chi connectivity index (χ3n) is 4.19. The molecule has 1 fully saturated rings. The molecule has 0 radical (unpaired) electrons. The van der Waals surface area contributed by atoms with E-state index >= 15 is 0 Å². The van der Waals surface area contributed by atoms with Crippen LogP contribution in [0.4, 0.5) is 0 Å². The minimum absolute atomic E-state index is 0.00442. The first-order chi connectivity index (χ1) is 11.7. The lowest BCUT2D eigenvalue weighted by Gasteiger charge is -2.22. The number of ether oxygens (including phenoxy) is 4. The van der Waals surface area contributed by atoms with Crippen molar-refractivity contribution in [3.05, 3.63) is 29.8 Å². The molecule has 6 heteroatoms. The van der Waals surface area contributed by atoms with Crippen LogP contribution in [0.5, 0.6) is 5.75 Å². The van der Waals surface area contributed by atoms with Gasteiger partial charge in [0.05, 0.1) is 19.8 Å². The Morgan fingerprint density at radius 2 is 2.00 bits per heavy atom. The van der Waals surface area contributed by atoms with Crippen molar-refractivity contribution in [1.82, 2.24) is 4.90 Å². The van der Waals surface area contributed by atoms with Crippen molar-refractivity contribution in [3.8, 4) is 5.75 Å². The summed E-state index contributed by atoms with van der Waals surface area (Å²) < 4.78 is 21.0. The fraction of sp³-hybridized carbons (Fsp3) is 0.611. The molecule has 0 N–H and O–H groups in total. The van der Waals surface area contributed by atoms with Crippen molar-refractivity contribution in [2.75, 3.05) is 40.7 Å². The van der Waals surface area contributed by atoms with E-state index in [0.717, 1.165) is 18.7 Å². The third-order valence-corrected chi connectivity index (χ3v) is 4.19. The predicted octanol–water partition coefficient (Wildman–Crippen LogP) is 1.86. The van der Waals surface area contributed by atoms with Gasteiger partial charge in [-0.3, -0.25) is 9.69 Å². The average Bonchev–Trinajstić information content (AvgIpc) is 3.02. The molecular weight excluding hydrogens is 310 g/mol. The molecule has 0 amide bonds. The largest absolute Gasteiger partial charge is 0.497 e. The summed E-state index contributed by atoms with van der Waals surface area (Å²) in [7, 11) is 3.25. The Balaban J connectivity index is 1.94. The van der Waals surface area contributed by atoms with Crippen molar-refractivity contribution in [2.45, 2.75) is 31.9 Å². The van der Waals surface area contributed by atoms with E-state index in [1.54, 1.807) is 14.2 Å². The quantitative estimate of drug-likeness (QED) is 0.506. The van der Waals surface area contributed by atoms with Gasteiger partial charge in [-0.15, -0.1) is 0 Å². The number of nitrogens with zero attached hydrogens (tertiary/aromatic N) is 1. The SMILES string of the molecule is CCOC(=O)C1CC(OCOC)CN1CCc1ccc(OC)cc1. The van der Waals surface area contributed by atoms with E-state index in [1.807, 2.05) is 31.2 Å². The summed E-state index contributed by atoms with van der Waals surface area (Å²) in [6.45, 7) is 3.96. The van der Waals surface area contributed by atoms with E-state index in [9.17, 15) is 4.79 Å². The van der Waals surface area contributed by atoms with E-state index < -0.39 is 0 Å². The number of rotatable bonds is 9. The fourth-order valence-corrected chi connectivity index (χ4v) is 2.94. The standard InChI is InChI=1S/C18H27NO5/c1-4-23-18(20)17-11-16(24-13-21-2)12-19(17)10-9-14-5-7-15(22-3)8-6-14/h5-8,16-17H,4,9-13H2,1-3H3. The van der Waals surface area contributed by atoms with Crippen LogP contribution in [-0.2, 0) is 25.4 Å². The van der Waals surface area contributed by atoms with Crippen LogP contribution < -0.4 is 4.74 Å². The maximum absolute atomic E-state index is 12.2. The molecule has 1 saturated heterocycles. The highest BCUT2D eigenvalue weighted by molar-refractivity contribution is 5.76. The van der Waals surface area contributed by atoms with Crippen molar-refractivity contribution < 1.29 is 23.7 Å². The molecule has 2 rings (SSSR count). The Labute approximate surface area is 143 Å². The van der Waals surface area contributed by atoms with Gasteiger partial charge in [-0.2, -0.15) is 0 Å². The maximum atomic E-state index is 12.2. The Morgan fingerprint density at radius 3 is 2.62 bits per heavy atom. The Morgan fingerprint density at radius 1 is 1.25 bits per heavy atom.